The number of nitrogens with zero attached hydrogens (tertiary/aromatic N) is 3. The predicted molar refractivity (Wildman–Crippen MR) is 99.0 cm³/mol. The Hall–Kier alpha value is -2.93. The number of H-pyrrole nitrogens is 1. The summed E-state index contributed by atoms with van der Waals surface area (Å²) in [6.07, 6.45) is 4.03. The molecule has 0 spiro atoms. The van der Waals surface area contributed by atoms with E-state index in [1.807, 2.05) is 36.4 Å². The van der Waals surface area contributed by atoms with E-state index < -0.39 is 0 Å². The number of nitrogens with one attached hydrogen (secondary N) is 1. The fraction of sp³-hybridized carbons (Fsp3) is 0.167. The highest BCUT2D eigenvalue weighted by Crippen LogP contribution is 2.27. The number of hydrogen-bond acceptors (Lipinski definition) is 5. The van der Waals surface area contributed by atoms with Gasteiger partial charge in [-0.15, -0.1) is 0 Å². The molecule has 1 heterocycles. The monoisotopic (exact) mass is 354 g/mol. The Balaban J connectivity index is 1.66. The van der Waals surface area contributed by atoms with Crippen molar-refractivity contribution in [2.45, 2.75) is 6.42 Å². The van der Waals surface area contributed by atoms with Crippen molar-refractivity contribution < 1.29 is 9.47 Å². The minimum atomic E-state index is 0.434. The van der Waals surface area contributed by atoms with Gasteiger partial charge in [0, 0.05) is 6.42 Å². The summed E-state index contributed by atoms with van der Waals surface area (Å²) in [7, 11) is 1.62. The molecule has 0 aliphatic heterocycles. The van der Waals surface area contributed by atoms with Crippen molar-refractivity contribution in [3.63, 3.8) is 0 Å². The fourth-order valence-corrected chi connectivity index (χ4v) is 2.41. The Morgan fingerprint density at radius 1 is 1.20 bits per heavy atom. The summed E-state index contributed by atoms with van der Waals surface area (Å²) in [6.45, 7) is 0.581. The molecule has 0 bridgehead atoms. The summed E-state index contributed by atoms with van der Waals surface area (Å²) >= 11 is 5.04. The number of hydrogen-bond donors (Lipinski definition) is 1. The summed E-state index contributed by atoms with van der Waals surface area (Å²) in [5.41, 5.74) is 2.11. The van der Waals surface area contributed by atoms with Crippen molar-refractivity contribution in [2.24, 2.45) is 5.10 Å². The van der Waals surface area contributed by atoms with Crippen molar-refractivity contribution in [1.29, 1.82) is 0 Å². The lowest BCUT2D eigenvalue weighted by Crippen LogP contribution is -2.03. The molecule has 7 heteroatoms. The van der Waals surface area contributed by atoms with Crippen LogP contribution in [0.5, 0.6) is 11.5 Å². The molecule has 2 aromatic carbocycles. The van der Waals surface area contributed by atoms with E-state index in [9.17, 15) is 0 Å². The molecule has 0 fully saturated rings. The number of aromatic amines is 1. The average molecular weight is 354 g/mol. The molecular formula is C18H18N4O2S. The van der Waals surface area contributed by atoms with Gasteiger partial charge in [-0.1, -0.05) is 30.3 Å². The van der Waals surface area contributed by atoms with Gasteiger partial charge in [-0.3, -0.25) is 5.10 Å². The van der Waals surface area contributed by atoms with E-state index in [4.69, 9.17) is 21.7 Å². The second-order valence-corrected chi connectivity index (χ2v) is 5.63. The van der Waals surface area contributed by atoms with Crippen LogP contribution in [0.1, 0.15) is 11.1 Å². The van der Waals surface area contributed by atoms with E-state index in [-0.39, 0.29) is 0 Å². The van der Waals surface area contributed by atoms with Crippen LogP contribution in [0.2, 0.25) is 0 Å². The molecule has 0 saturated carbocycles. The molecule has 6 nitrogen and oxygen atoms in total. The van der Waals surface area contributed by atoms with E-state index in [0.29, 0.717) is 22.9 Å². The maximum atomic E-state index is 5.85. The highest BCUT2D eigenvalue weighted by atomic mass is 32.1. The molecule has 0 aliphatic carbocycles. The Morgan fingerprint density at radius 2 is 2.04 bits per heavy atom. The SMILES string of the molecule is COc1cc(/C=N/n2cn[nH]c2=S)ccc1OCCc1ccccc1. The molecule has 0 aliphatic rings. The largest absolute Gasteiger partial charge is 0.493 e. The lowest BCUT2D eigenvalue weighted by Gasteiger charge is -2.11. The van der Waals surface area contributed by atoms with Crippen LogP contribution in [0.25, 0.3) is 0 Å². The van der Waals surface area contributed by atoms with Gasteiger partial charge in [0.1, 0.15) is 6.33 Å². The summed E-state index contributed by atoms with van der Waals surface area (Å²) in [6, 6.07) is 15.9. The third-order valence-corrected chi connectivity index (χ3v) is 3.82. The van der Waals surface area contributed by atoms with Gasteiger partial charge < -0.3 is 9.47 Å². The quantitative estimate of drug-likeness (QED) is 0.521. The first-order chi connectivity index (χ1) is 12.3. The van der Waals surface area contributed by atoms with Crippen molar-refractivity contribution in [3.05, 3.63) is 70.8 Å². The average Bonchev–Trinajstić information content (AvgIpc) is 3.06. The molecule has 1 aromatic heterocycles. The summed E-state index contributed by atoms with van der Waals surface area (Å²) in [4.78, 5) is 0. The Morgan fingerprint density at radius 3 is 2.76 bits per heavy atom. The smallest absolute Gasteiger partial charge is 0.216 e. The zero-order valence-electron chi connectivity index (χ0n) is 13.8. The lowest BCUT2D eigenvalue weighted by atomic mass is 10.2. The van der Waals surface area contributed by atoms with Gasteiger partial charge in [-0.2, -0.15) is 14.9 Å². The van der Waals surface area contributed by atoms with Crippen LogP contribution >= 0.6 is 12.2 Å². The van der Waals surface area contributed by atoms with Crippen molar-refractivity contribution >= 4 is 18.4 Å². The number of ether oxygens (including phenoxy) is 2. The van der Waals surface area contributed by atoms with Gasteiger partial charge in [0.15, 0.2) is 11.5 Å². The first-order valence-corrected chi connectivity index (χ1v) is 8.18. The topological polar surface area (TPSA) is 64.4 Å². The lowest BCUT2D eigenvalue weighted by molar-refractivity contribution is 0.297. The van der Waals surface area contributed by atoms with Gasteiger partial charge in [0.25, 0.3) is 0 Å². The van der Waals surface area contributed by atoms with E-state index in [0.717, 1.165) is 12.0 Å². The van der Waals surface area contributed by atoms with Crippen LogP contribution < -0.4 is 9.47 Å². The second kappa shape index (κ2) is 8.25. The zero-order valence-corrected chi connectivity index (χ0v) is 14.6. The van der Waals surface area contributed by atoms with Crippen molar-refractivity contribution in [2.75, 3.05) is 13.7 Å². The predicted octanol–water partition coefficient (Wildman–Crippen LogP) is 3.45. The van der Waals surface area contributed by atoms with Gasteiger partial charge in [0.05, 0.1) is 19.9 Å². The summed E-state index contributed by atoms with van der Waals surface area (Å²) < 4.78 is 13.2. The van der Waals surface area contributed by atoms with Crippen LogP contribution in [0.3, 0.4) is 0 Å². The van der Waals surface area contributed by atoms with Gasteiger partial charge in [-0.25, -0.2) is 0 Å². The normalized spacial score (nSPS) is 10.9. The molecule has 3 rings (SSSR count). The van der Waals surface area contributed by atoms with Crippen LogP contribution in [0.15, 0.2) is 60.0 Å². The Labute approximate surface area is 150 Å². The summed E-state index contributed by atoms with van der Waals surface area (Å²) in [5, 5.41) is 10.7. The van der Waals surface area contributed by atoms with E-state index in [1.165, 1.54) is 16.6 Å². The van der Waals surface area contributed by atoms with Crippen LogP contribution in [-0.4, -0.2) is 34.8 Å². The van der Waals surface area contributed by atoms with Gasteiger partial charge in [-0.05, 0) is 41.5 Å². The molecule has 0 saturated heterocycles. The number of rotatable bonds is 7. The molecule has 0 atom stereocenters. The van der Waals surface area contributed by atoms with Crippen LogP contribution in [0.4, 0.5) is 0 Å². The third-order valence-electron chi connectivity index (χ3n) is 3.55. The summed E-state index contributed by atoms with van der Waals surface area (Å²) in [5.74, 6) is 1.36. The molecule has 0 radical (unpaired) electrons. The second-order valence-electron chi connectivity index (χ2n) is 5.25. The van der Waals surface area contributed by atoms with Crippen molar-refractivity contribution in [3.8, 4) is 11.5 Å². The highest BCUT2D eigenvalue weighted by Gasteiger charge is 2.05. The van der Waals surface area contributed by atoms with E-state index >= 15 is 0 Å². The maximum absolute atomic E-state index is 5.85. The molecule has 128 valence electrons. The highest BCUT2D eigenvalue weighted by molar-refractivity contribution is 7.71. The number of methoxy groups -OCH3 is 1. The minimum absolute atomic E-state index is 0.434. The van der Waals surface area contributed by atoms with Crippen LogP contribution in [-0.2, 0) is 6.42 Å². The minimum Gasteiger partial charge on any atom is -0.493 e. The number of benzene rings is 2. The first kappa shape index (κ1) is 16.9. The Kier molecular flexibility index (Phi) is 5.58. The first-order valence-electron chi connectivity index (χ1n) is 7.77. The molecule has 25 heavy (non-hydrogen) atoms. The standard InChI is InChI=1S/C18H18N4O2S/c1-23-17-11-15(12-20-22-13-19-21-18(22)25)7-8-16(17)24-10-9-14-5-3-2-4-6-14/h2-8,11-13H,9-10H2,1H3,(H,21,25)/b20-12+. The van der Waals surface area contributed by atoms with E-state index in [1.54, 1.807) is 13.3 Å². The molecule has 0 unspecified atom stereocenters. The number of aromatic nitrogens is 3. The molecule has 3 aromatic rings. The van der Waals surface area contributed by atoms with Crippen molar-refractivity contribution in [1.82, 2.24) is 14.9 Å². The van der Waals surface area contributed by atoms with E-state index in [2.05, 4.69) is 27.4 Å². The maximum Gasteiger partial charge on any atom is 0.216 e. The molecular weight excluding hydrogens is 336 g/mol. The third kappa shape index (κ3) is 4.54. The fourth-order valence-electron chi connectivity index (χ4n) is 2.26. The van der Waals surface area contributed by atoms with Crippen LogP contribution in [0, 0.1) is 4.77 Å². The van der Waals surface area contributed by atoms with Gasteiger partial charge in [0.2, 0.25) is 4.77 Å². The Bertz CT molecular complexity index is 903. The van der Waals surface area contributed by atoms with Gasteiger partial charge >= 0.3 is 0 Å². The zero-order chi connectivity index (χ0) is 17.5. The molecule has 1 N–H and O–H groups in total. The molecule has 0 amide bonds.